The Morgan fingerprint density at radius 3 is 2.35 bits per heavy atom. The molecule has 1 saturated heterocycles. The lowest BCUT2D eigenvalue weighted by molar-refractivity contribution is 0.0701. The molecule has 7 heteroatoms. The second-order valence-electron chi connectivity index (χ2n) is 3.61. The number of hydrogen-bond donors (Lipinski definition) is 1. The summed E-state index contributed by atoms with van der Waals surface area (Å²) in [6, 6.07) is 2.96. The maximum atomic E-state index is 12.0. The number of carboxylic acid groups (broad SMARTS) is 1. The average molecular weight is 273 g/mol. The molecule has 1 aromatic rings. The minimum atomic E-state index is -1.02. The first-order chi connectivity index (χ1) is 8.08. The van der Waals surface area contributed by atoms with E-state index < -0.39 is 16.8 Å². The van der Waals surface area contributed by atoms with E-state index >= 15 is 0 Å². The van der Waals surface area contributed by atoms with Gasteiger partial charge in [0.05, 0.1) is 4.88 Å². The molecule has 17 heavy (non-hydrogen) atoms. The highest BCUT2D eigenvalue weighted by Gasteiger charge is 2.23. The zero-order valence-electron chi connectivity index (χ0n) is 8.92. The molecule has 0 spiro atoms. The Bertz CT molecular complexity index is 472. The minimum absolute atomic E-state index is 0.161. The number of rotatable bonds is 2. The van der Waals surface area contributed by atoms with Gasteiger partial charge in [-0.3, -0.25) is 9.00 Å². The summed E-state index contributed by atoms with van der Waals surface area (Å²) in [6.07, 6.45) is 0. The Hall–Kier alpha value is -1.21. The van der Waals surface area contributed by atoms with Crippen LogP contribution in [0.15, 0.2) is 12.1 Å². The van der Waals surface area contributed by atoms with Crippen LogP contribution in [0.1, 0.15) is 19.3 Å². The molecule has 0 aromatic carbocycles. The third-order valence-corrected chi connectivity index (χ3v) is 4.83. The van der Waals surface area contributed by atoms with Crippen molar-refractivity contribution >= 4 is 34.0 Å². The fraction of sp³-hybridized carbons (Fsp3) is 0.400. The first-order valence-corrected chi connectivity index (χ1v) is 7.36. The van der Waals surface area contributed by atoms with Crippen molar-refractivity contribution in [3.8, 4) is 0 Å². The number of carboxylic acids is 1. The highest BCUT2D eigenvalue weighted by atomic mass is 32.2. The van der Waals surface area contributed by atoms with E-state index in [-0.39, 0.29) is 10.8 Å². The minimum Gasteiger partial charge on any atom is -0.477 e. The van der Waals surface area contributed by atoms with Gasteiger partial charge in [0.15, 0.2) is 0 Å². The fourth-order valence-electron chi connectivity index (χ4n) is 1.56. The largest absolute Gasteiger partial charge is 0.477 e. The van der Waals surface area contributed by atoms with Crippen molar-refractivity contribution in [2.24, 2.45) is 0 Å². The molecule has 0 radical (unpaired) electrons. The highest BCUT2D eigenvalue weighted by Crippen LogP contribution is 2.19. The first kappa shape index (κ1) is 12.3. The molecule has 1 aromatic heterocycles. The quantitative estimate of drug-likeness (QED) is 0.858. The topological polar surface area (TPSA) is 74.7 Å². The summed E-state index contributed by atoms with van der Waals surface area (Å²) in [7, 11) is -0.821. The van der Waals surface area contributed by atoms with E-state index in [1.54, 1.807) is 4.90 Å². The second kappa shape index (κ2) is 4.97. The van der Waals surface area contributed by atoms with Crippen molar-refractivity contribution in [2.75, 3.05) is 24.6 Å². The van der Waals surface area contributed by atoms with Crippen molar-refractivity contribution in [3.63, 3.8) is 0 Å². The van der Waals surface area contributed by atoms with Gasteiger partial charge in [-0.15, -0.1) is 11.3 Å². The van der Waals surface area contributed by atoms with Crippen LogP contribution in [-0.4, -0.2) is 50.7 Å². The van der Waals surface area contributed by atoms with Gasteiger partial charge in [0.2, 0.25) is 0 Å². The maximum absolute atomic E-state index is 12.0. The average Bonchev–Trinajstić information content (AvgIpc) is 2.78. The summed E-state index contributed by atoms with van der Waals surface area (Å²) >= 11 is 0.977. The van der Waals surface area contributed by atoms with Crippen LogP contribution >= 0.6 is 11.3 Å². The van der Waals surface area contributed by atoms with Crippen molar-refractivity contribution in [1.29, 1.82) is 0 Å². The van der Waals surface area contributed by atoms with E-state index in [1.807, 2.05) is 0 Å². The van der Waals surface area contributed by atoms with Crippen LogP contribution < -0.4 is 0 Å². The molecule has 2 heterocycles. The van der Waals surface area contributed by atoms with Crippen LogP contribution in [0, 0.1) is 0 Å². The van der Waals surface area contributed by atoms with E-state index in [4.69, 9.17) is 5.11 Å². The molecule has 0 saturated carbocycles. The predicted molar refractivity (Wildman–Crippen MR) is 65.1 cm³/mol. The van der Waals surface area contributed by atoms with Crippen molar-refractivity contribution in [3.05, 3.63) is 21.9 Å². The molecule has 2 rings (SSSR count). The summed E-state index contributed by atoms with van der Waals surface area (Å²) in [5, 5.41) is 8.77. The van der Waals surface area contributed by atoms with E-state index in [2.05, 4.69) is 0 Å². The SMILES string of the molecule is O=C(O)c1ccc(C(=O)N2CCS(=O)CC2)s1. The van der Waals surface area contributed by atoms with Gasteiger partial charge in [0.1, 0.15) is 4.88 Å². The molecular formula is C10H11NO4S2. The molecule has 0 aliphatic carbocycles. The Morgan fingerprint density at radius 2 is 1.82 bits per heavy atom. The van der Waals surface area contributed by atoms with Gasteiger partial charge < -0.3 is 10.0 Å². The van der Waals surface area contributed by atoms with Gasteiger partial charge in [0, 0.05) is 35.4 Å². The molecular weight excluding hydrogens is 262 g/mol. The third kappa shape index (κ3) is 2.73. The number of nitrogens with zero attached hydrogens (tertiary/aromatic N) is 1. The van der Waals surface area contributed by atoms with Crippen molar-refractivity contribution in [1.82, 2.24) is 4.90 Å². The van der Waals surface area contributed by atoms with Gasteiger partial charge in [-0.25, -0.2) is 4.79 Å². The zero-order valence-corrected chi connectivity index (χ0v) is 10.6. The first-order valence-electron chi connectivity index (χ1n) is 5.05. The van der Waals surface area contributed by atoms with E-state index in [9.17, 15) is 13.8 Å². The van der Waals surface area contributed by atoms with Gasteiger partial charge in [-0.05, 0) is 12.1 Å². The molecule has 1 fully saturated rings. The van der Waals surface area contributed by atoms with Gasteiger partial charge >= 0.3 is 5.97 Å². The maximum Gasteiger partial charge on any atom is 0.345 e. The number of carbonyl (C=O) groups excluding carboxylic acids is 1. The Morgan fingerprint density at radius 1 is 1.24 bits per heavy atom. The normalized spacial score (nSPS) is 17.1. The lowest BCUT2D eigenvalue weighted by atomic mass is 10.3. The van der Waals surface area contributed by atoms with Crippen molar-refractivity contribution < 1.29 is 18.9 Å². The van der Waals surface area contributed by atoms with Crippen LogP contribution in [-0.2, 0) is 10.8 Å². The molecule has 5 nitrogen and oxygen atoms in total. The molecule has 0 atom stereocenters. The molecule has 1 N–H and O–H groups in total. The molecule has 0 bridgehead atoms. The van der Waals surface area contributed by atoms with Crippen LogP contribution in [0.5, 0.6) is 0 Å². The molecule has 0 unspecified atom stereocenters. The third-order valence-electron chi connectivity index (χ3n) is 2.49. The van der Waals surface area contributed by atoms with Gasteiger partial charge in [-0.1, -0.05) is 0 Å². The predicted octanol–water partition coefficient (Wildman–Crippen LogP) is 0.651. The highest BCUT2D eigenvalue weighted by molar-refractivity contribution is 7.85. The summed E-state index contributed by atoms with van der Waals surface area (Å²) in [5.41, 5.74) is 0. The van der Waals surface area contributed by atoms with Gasteiger partial charge in [-0.2, -0.15) is 0 Å². The van der Waals surface area contributed by atoms with E-state index in [0.29, 0.717) is 29.5 Å². The molecule has 1 aliphatic rings. The lowest BCUT2D eigenvalue weighted by Gasteiger charge is -2.25. The zero-order chi connectivity index (χ0) is 12.4. The Kier molecular flexibility index (Phi) is 3.58. The smallest absolute Gasteiger partial charge is 0.345 e. The number of aromatic carboxylic acids is 1. The monoisotopic (exact) mass is 273 g/mol. The summed E-state index contributed by atoms with van der Waals surface area (Å²) < 4.78 is 11.2. The number of thiophene rings is 1. The Labute approximate surface area is 105 Å². The second-order valence-corrected chi connectivity index (χ2v) is 6.39. The fourth-order valence-corrected chi connectivity index (χ4v) is 3.43. The number of hydrogen-bond acceptors (Lipinski definition) is 4. The van der Waals surface area contributed by atoms with Crippen LogP contribution in [0.4, 0.5) is 0 Å². The summed E-state index contributed by atoms with van der Waals surface area (Å²) in [5.74, 6) is -0.181. The van der Waals surface area contributed by atoms with Crippen LogP contribution in [0.3, 0.4) is 0 Å². The van der Waals surface area contributed by atoms with E-state index in [1.165, 1.54) is 12.1 Å². The molecule has 1 amide bonds. The van der Waals surface area contributed by atoms with Crippen molar-refractivity contribution in [2.45, 2.75) is 0 Å². The standard InChI is InChI=1S/C10H11NO4S2/c12-9(11-3-5-17(15)6-4-11)7-1-2-8(16-7)10(13)14/h1-2H,3-6H2,(H,13,14). The number of carbonyl (C=O) groups is 2. The molecule has 92 valence electrons. The van der Waals surface area contributed by atoms with Gasteiger partial charge in [0.25, 0.3) is 5.91 Å². The Balaban J connectivity index is 2.08. The lowest BCUT2D eigenvalue weighted by Crippen LogP contribution is -2.41. The number of amides is 1. The summed E-state index contributed by atoms with van der Waals surface area (Å²) in [4.78, 5) is 24.9. The summed E-state index contributed by atoms with van der Waals surface area (Å²) in [6.45, 7) is 0.956. The molecule has 1 aliphatic heterocycles. The van der Waals surface area contributed by atoms with Crippen LogP contribution in [0.25, 0.3) is 0 Å². The van der Waals surface area contributed by atoms with Crippen LogP contribution in [0.2, 0.25) is 0 Å². The van der Waals surface area contributed by atoms with E-state index in [0.717, 1.165) is 11.3 Å².